The maximum absolute atomic E-state index is 9.53. The van der Waals surface area contributed by atoms with Gasteiger partial charge in [0, 0.05) is 0 Å². The Kier molecular flexibility index (Phi) is 15.2. The molecule has 4 atom stereocenters. The monoisotopic (exact) mass is 370 g/mol. The second-order valence-electron chi connectivity index (χ2n) is 5.13. The van der Waals surface area contributed by atoms with Crippen molar-refractivity contribution in [2.75, 3.05) is 46.2 Å². The average Bonchev–Trinajstić information content (AvgIpc) is 2.63. The van der Waals surface area contributed by atoms with Crippen LogP contribution in [0.3, 0.4) is 0 Å². The highest BCUT2D eigenvalue weighted by Crippen LogP contribution is 2.07. The Labute approximate surface area is 146 Å². The van der Waals surface area contributed by atoms with E-state index in [9.17, 15) is 15.3 Å². The summed E-state index contributed by atoms with van der Waals surface area (Å²) in [5.74, 6) is 0. The first-order valence-electron chi connectivity index (χ1n) is 7.91. The molecule has 25 heavy (non-hydrogen) atoms. The molecule has 150 valence electrons. The lowest BCUT2D eigenvalue weighted by atomic mass is 10.3. The SMILES string of the molecule is C=CCC(O)COC(CO)OC(CO)COC(CO)OC(CO)CO. The Bertz CT molecular complexity index is 313. The molecule has 0 aliphatic carbocycles. The first-order valence-corrected chi connectivity index (χ1v) is 7.91. The first kappa shape index (κ1) is 24.3. The summed E-state index contributed by atoms with van der Waals surface area (Å²) in [5.41, 5.74) is 0. The van der Waals surface area contributed by atoms with Crippen LogP contribution in [0.5, 0.6) is 0 Å². The lowest BCUT2D eigenvalue weighted by Gasteiger charge is -2.26. The van der Waals surface area contributed by atoms with Gasteiger partial charge in [0.2, 0.25) is 0 Å². The average molecular weight is 370 g/mol. The Hall–Kier alpha value is -0.660. The van der Waals surface area contributed by atoms with Gasteiger partial charge in [0.05, 0.1) is 52.4 Å². The highest BCUT2D eigenvalue weighted by atomic mass is 16.7. The van der Waals surface area contributed by atoms with E-state index in [0.717, 1.165) is 0 Å². The van der Waals surface area contributed by atoms with Gasteiger partial charge in [-0.2, -0.15) is 0 Å². The van der Waals surface area contributed by atoms with E-state index < -0.39 is 63.9 Å². The quantitative estimate of drug-likeness (QED) is 0.118. The molecule has 0 aromatic carbocycles. The predicted molar refractivity (Wildman–Crippen MR) is 85.5 cm³/mol. The minimum atomic E-state index is -1.13. The van der Waals surface area contributed by atoms with Gasteiger partial charge in [-0.15, -0.1) is 6.58 Å². The van der Waals surface area contributed by atoms with Gasteiger partial charge < -0.3 is 49.6 Å². The van der Waals surface area contributed by atoms with E-state index in [1.165, 1.54) is 6.08 Å². The summed E-state index contributed by atoms with van der Waals surface area (Å²) in [6, 6.07) is 0. The molecule has 10 nitrogen and oxygen atoms in total. The summed E-state index contributed by atoms with van der Waals surface area (Å²) >= 11 is 0. The Balaban J connectivity index is 4.33. The van der Waals surface area contributed by atoms with Crippen LogP contribution in [0.4, 0.5) is 0 Å². The molecule has 0 aliphatic heterocycles. The highest BCUT2D eigenvalue weighted by molar-refractivity contribution is 4.72. The van der Waals surface area contributed by atoms with E-state index in [1.807, 2.05) is 0 Å². The van der Waals surface area contributed by atoms with Crippen molar-refractivity contribution in [2.45, 2.75) is 37.3 Å². The topological polar surface area (TPSA) is 158 Å². The van der Waals surface area contributed by atoms with E-state index in [-0.39, 0.29) is 13.2 Å². The van der Waals surface area contributed by atoms with Crippen LogP contribution in [-0.4, -0.2) is 108 Å². The Morgan fingerprint density at radius 3 is 1.64 bits per heavy atom. The zero-order valence-corrected chi connectivity index (χ0v) is 14.1. The molecule has 0 saturated carbocycles. The molecule has 0 aromatic rings. The van der Waals surface area contributed by atoms with Crippen LogP contribution < -0.4 is 0 Å². The van der Waals surface area contributed by atoms with Crippen molar-refractivity contribution < 1.29 is 49.6 Å². The lowest BCUT2D eigenvalue weighted by Crippen LogP contribution is -2.38. The largest absolute Gasteiger partial charge is 0.394 e. The van der Waals surface area contributed by atoms with Gasteiger partial charge in [0.25, 0.3) is 0 Å². The van der Waals surface area contributed by atoms with Gasteiger partial charge >= 0.3 is 0 Å². The number of aliphatic hydroxyl groups excluding tert-OH is 6. The number of hydrogen-bond donors (Lipinski definition) is 6. The van der Waals surface area contributed by atoms with Crippen molar-refractivity contribution in [3.8, 4) is 0 Å². The van der Waals surface area contributed by atoms with Crippen LogP contribution in [0.2, 0.25) is 0 Å². The molecular weight excluding hydrogens is 340 g/mol. The summed E-state index contributed by atoms with van der Waals surface area (Å²) in [4.78, 5) is 0. The number of ether oxygens (including phenoxy) is 4. The lowest BCUT2D eigenvalue weighted by molar-refractivity contribution is -0.243. The second-order valence-corrected chi connectivity index (χ2v) is 5.13. The smallest absolute Gasteiger partial charge is 0.181 e. The zero-order valence-electron chi connectivity index (χ0n) is 14.1. The van der Waals surface area contributed by atoms with E-state index in [4.69, 9.17) is 34.3 Å². The summed E-state index contributed by atoms with van der Waals surface area (Å²) in [5, 5.41) is 55.1. The Morgan fingerprint density at radius 1 is 0.720 bits per heavy atom. The molecule has 0 spiro atoms. The fourth-order valence-electron chi connectivity index (χ4n) is 1.67. The highest BCUT2D eigenvalue weighted by Gasteiger charge is 2.21. The zero-order chi connectivity index (χ0) is 19.1. The molecule has 4 unspecified atom stereocenters. The fourth-order valence-corrected chi connectivity index (χ4v) is 1.67. The number of aliphatic hydroxyl groups is 6. The van der Waals surface area contributed by atoms with Crippen molar-refractivity contribution in [3.05, 3.63) is 12.7 Å². The third-order valence-electron chi connectivity index (χ3n) is 2.98. The van der Waals surface area contributed by atoms with Crippen molar-refractivity contribution in [1.29, 1.82) is 0 Å². The van der Waals surface area contributed by atoms with Crippen LogP contribution in [0, 0.1) is 0 Å². The van der Waals surface area contributed by atoms with Gasteiger partial charge in [0.15, 0.2) is 12.6 Å². The predicted octanol–water partition coefficient (Wildman–Crippen LogP) is -2.66. The summed E-state index contributed by atoms with van der Waals surface area (Å²) in [6.07, 6.45) is -2.98. The molecule has 0 fully saturated rings. The Morgan fingerprint density at radius 2 is 1.20 bits per heavy atom. The molecule has 6 N–H and O–H groups in total. The van der Waals surface area contributed by atoms with Gasteiger partial charge in [-0.25, -0.2) is 0 Å². The molecule has 0 saturated heterocycles. The number of hydrogen-bond acceptors (Lipinski definition) is 10. The third-order valence-corrected chi connectivity index (χ3v) is 2.98. The van der Waals surface area contributed by atoms with E-state index >= 15 is 0 Å². The fraction of sp³-hybridized carbons (Fsp3) is 0.867. The molecule has 0 rings (SSSR count). The van der Waals surface area contributed by atoms with Crippen LogP contribution >= 0.6 is 0 Å². The maximum atomic E-state index is 9.53. The van der Waals surface area contributed by atoms with Gasteiger partial charge in [-0.3, -0.25) is 0 Å². The maximum Gasteiger partial charge on any atom is 0.181 e. The van der Waals surface area contributed by atoms with Gasteiger partial charge in [-0.1, -0.05) is 6.08 Å². The van der Waals surface area contributed by atoms with E-state index in [1.54, 1.807) is 0 Å². The minimum absolute atomic E-state index is 0.0900. The van der Waals surface area contributed by atoms with Crippen molar-refractivity contribution in [3.63, 3.8) is 0 Å². The van der Waals surface area contributed by atoms with E-state index in [2.05, 4.69) is 6.58 Å². The molecule has 0 aliphatic rings. The van der Waals surface area contributed by atoms with Crippen molar-refractivity contribution in [2.24, 2.45) is 0 Å². The summed E-state index contributed by atoms with van der Waals surface area (Å²) in [6.45, 7) is 0.768. The molecule has 10 heteroatoms. The third kappa shape index (κ3) is 11.5. The summed E-state index contributed by atoms with van der Waals surface area (Å²) in [7, 11) is 0. The standard InChI is InChI=1S/C15H30O10/c1-2-3-11(21)9-22-14(7-19)25-13(6-18)10-23-15(8-20)24-12(4-16)5-17/h2,11-21H,1,3-10H2. The minimum Gasteiger partial charge on any atom is -0.394 e. The van der Waals surface area contributed by atoms with Gasteiger partial charge in [-0.05, 0) is 6.42 Å². The molecule has 0 radical (unpaired) electrons. The molecule has 0 bridgehead atoms. The van der Waals surface area contributed by atoms with Crippen LogP contribution in [-0.2, 0) is 18.9 Å². The molecule has 0 amide bonds. The van der Waals surface area contributed by atoms with Crippen molar-refractivity contribution >= 4 is 0 Å². The molecular formula is C15H30O10. The normalized spacial score (nSPS) is 16.6. The van der Waals surface area contributed by atoms with Crippen LogP contribution in [0.15, 0.2) is 12.7 Å². The summed E-state index contributed by atoms with van der Waals surface area (Å²) < 4.78 is 20.8. The molecule has 0 aromatic heterocycles. The van der Waals surface area contributed by atoms with Gasteiger partial charge in [0.1, 0.15) is 12.2 Å². The molecule has 0 heterocycles. The second kappa shape index (κ2) is 15.6. The van der Waals surface area contributed by atoms with Crippen LogP contribution in [0.1, 0.15) is 6.42 Å². The van der Waals surface area contributed by atoms with E-state index in [0.29, 0.717) is 6.42 Å². The number of rotatable bonds is 17. The van der Waals surface area contributed by atoms with Crippen molar-refractivity contribution in [1.82, 2.24) is 0 Å². The first-order chi connectivity index (χ1) is 12.0. The van der Waals surface area contributed by atoms with Crippen LogP contribution in [0.25, 0.3) is 0 Å².